The molecule has 0 saturated heterocycles. The van der Waals surface area contributed by atoms with Crippen molar-refractivity contribution < 1.29 is 9.47 Å². The predicted octanol–water partition coefficient (Wildman–Crippen LogP) is 4.50. The number of methoxy groups -OCH3 is 2. The molecule has 2 aromatic carbocycles. The van der Waals surface area contributed by atoms with Crippen molar-refractivity contribution in [2.75, 3.05) is 14.2 Å². The molecule has 116 valence electrons. The summed E-state index contributed by atoms with van der Waals surface area (Å²) in [7, 11) is 3.27. The average Bonchev–Trinajstić information content (AvgIpc) is 2.52. The van der Waals surface area contributed by atoms with Crippen molar-refractivity contribution in [3.8, 4) is 11.5 Å². The first-order chi connectivity index (χ1) is 10.5. The second-order valence-electron chi connectivity index (χ2n) is 5.43. The van der Waals surface area contributed by atoms with E-state index in [1.54, 1.807) is 14.2 Å². The Morgan fingerprint density at radius 1 is 0.955 bits per heavy atom. The lowest BCUT2D eigenvalue weighted by atomic mass is 10.0. The van der Waals surface area contributed by atoms with Crippen LogP contribution < -0.4 is 9.47 Å². The molecule has 22 heavy (non-hydrogen) atoms. The quantitative estimate of drug-likeness (QED) is 0.761. The first-order valence-corrected chi connectivity index (χ1v) is 7.37. The minimum Gasteiger partial charge on any atom is -0.493 e. The van der Waals surface area contributed by atoms with Gasteiger partial charge in [-0.1, -0.05) is 23.8 Å². The number of nitrogens with zero attached hydrogens (tertiary/aromatic N) is 1. The number of hydrogen-bond donors (Lipinski definition) is 0. The summed E-state index contributed by atoms with van der Waals surface area (Å²) in [4.78, 5) is 4.66. The molecule has 1 unspecified atom stereocenters. The van der Waals surface area contributed by atoms with Gasteiger partial charge in [0, 0.05) is 6.21 Å². The van der Waals surface area contributed by atoms with Gasteiger partial charge in [-0.05, 0) is 55.7 Å². The van der Waals surface area contributed by atoms with Gasteiger partial charge < -0.3 is 9.47 Å². The van der Waals surface area contributed by atoms with E-state index in [4.69, 9.17) is 9.47 Å². The minimum absolute atomic E-state index is 0.119. The number of rotatable bonds is 5. The van der Waals surface area contributed by atoms with E-state index in [-0.39, 0.29) is 6.04 Å². The molecular weight excluding hydrogens is 274 g/mol. The maximum atomic E-state index is 5.31. The minimum atomic E-state index is 0.119. The van der Waals surface area contributed by atoms with Gasteiger partial charge in [0.1, 0.15) is 0 Å². The molecule has 3 heteroatoms. The first kappa shape index (κ1) is 16.1. The van der Waals surface area contributed by atoms with Crippen molar-refractivity contribution in [3.05, 3.63) is 58.7 Å². The molecule has 0 aromatic heterocycles. The molecule has 0 aliphatic heterocycles. The molecule has 0 radical (unpaired) electrons. The van der Waals surface area contributed by atoms with Crippen molar-refractivity contribution in [2.45, 2.75) is 26.8 Å². The van der Waals surface area contributed by atoms with Crippen LogP contribution in [0.2, 0.25) is 0 Å². The van der Waals surface area contributed by atoms with E-state index in [1.165, 1.54) is 16.7 Å². The Labute approximate surface area is 132 Å². The van der Waals surface area contributed by atoms with Gasteiger partial charge in [-0.15, -0.1) is 0 Å². The van der Waals surface area contributed by atoms with Gasteiger partial charge in [0.15, 0.2) is 11.5 Å². The fourth-order valence-corrected chi connectivity index (χ4v) is 2.51. The van der Waals surface area contributed by atoms with Gasteiger partial charge in [-0.25, -0.2) is 0 Å². The van der Waals surface area contributed by atoms with E-state index in [0.29, 0.717) is 5.75 Å². The summed E-state index contributed by atoms with van der Waals surface area (Å²) in [6.07, 6.45) is 1.88. The van der Waals surface area contributed by atoms with Crippen LogP contribution in [-0.4, -0.2) is 20.4 Å². The fraction of sp³-hybridized carbons (Fsp3) is 0.316. The number of benzene rings is 2. The highest BCUT2D eigenvalue weighted by atomic mass is 16.5. The highest BCUT2D eigenvalue weighted by molar-refractivity contribution is 5.81. The molecule has 0 N–H and O–H groups in total. The van der Waals surface area contributed by atoms with E-state index in [1.807, 2.05) is 24.4 Å². The summed E-state index contributed by atoms with van der Waals surface area (Å²) in [6.45, 7) is 6.34. The summed E-state index contributed by atoms with van der Waals surface area (Å²) in [5.41, 5.74) is 4.80. The maximum absolute atomic E-state index is 5.31. The maximum Gasteiger partial charge on any atom is 0.161 e. The van der Waals surface area contributed by atoms with Crippen LogP contribution in [0.1, 0.15) is 35.2 Å². The molecule has 0 spiro atoms. The van der Waals surface area contributed by atoms with E-state index in [9.17, 15) is 0 Å². The topological polar surface area (TPSA) is 30.8 Å². The van der Waals surface area contributed by atoms with Crippen molar-refractivity contribution in [1.29, 1.82) is 0 Å². The summed E-state index contributed by atoms with van der Waals surface area (Å²) >= 11 is 0. The summed E-state index contributed by atoms with van der Waals surface area (Å²) < 4.78 is 10.6. The zero-order valence-corrected chi connectivity index (χ0v) is 13.9. The Hall–Kier alpha value is -2.29. The van der Waals surface area contributed by atoms with Gasteiger partial charge >= 0.3 is 0 Å². The third-order valence-electron chi connectivity index (χ3n) is 3.73. The number of hydrogen-bond acceptors (Lipinski definition) is 3. The third kappa shape index (κ3) is 3.67. The monoisotopic (exact) mass is 297 g/mol. The third-order valence-corrected chi connectivity index (χ3v) is 3.73. The SMILES string of the molecule is COc1ccc(/C=N\C(C)c2ccc(C)cc2C)cc1OC. The van der Waals surface area contributed by atoms with Crippen molar-refractivity contribution in [2.24, 2.45) is 4.99 Å². The second-order valence-corrected chi connectivity index (χ2v) is 5.43. The zero-order chi connectivity index (χ0) is 16.1. The van der Waals surface area contributed by atoms with Crippen LogP contribution in [0.25, 0.3) is 0 Å². The molecular formula is C19H23NO2. The number of ether oxygens (including phenoxy) is 2. The van der Waals surface area contributed by atoms with Gasteiger partial charge in [-0.2, -0.15) is 0 Å². The first-order valence-electron chi connectivity index (χ1n) is 7.37. The van der Waals surface area contributed by atoms with Crippen molar-refractivity contribution in [3.63, 3.8) is 0 Å². The van der Waals surface area contributed by atoms with Crippen LogP contribution in [0.3, 0.4) is 0 Å². The van der Waals surface area contributed by atoms with Gasteiger partial charge in [-0.3, -0.25) is 4.99 Å². The van der Waals surface area contributed by atoms with E-state index >= 15 is 0 Å². The lowest BCUT2D eigenvalue weighted by Gasteiger charge is -2.11. The Balaban J connectivity index is 2.20. The fourth-order valence-electron chi connectivity index (χ4n) is 2.51. The largest absolute Gasteiger partial charge is 0.493 e. The molecule has 0 aliphatic rings. The molecule has 2 rings (SSSR count). The molecule has 0 bridgehead atoms. The predicted molar refractivity (Wildman–Crippen MR) is 91.5 cm³/mol. The zero-order valence-electron chi connectivity index (χ0n) is 13.9. The summed E-state index contributed by atoms with van der Waals surface area (Å²) in [5.74, 6) is 1.44. The van der Waals surface area contributed by atoms with Crippen LogP contribution in [0.15, 0.2) is 41.4 Å². The van der Waals surface area contributed by atoms with E-state index in [0.717, 1.165) is 11.3 Å². The molecule has 0 saturated carbocycles. The van der Waals surface area contributed by atoms with Crippen LogP contribution >= 0.6 is 0 Å². The average molecular weight is 297 g/mol. The van der Waals surface area contributed by atoms with Crippen LogP contribution in [0.5, 0.6) is 11.5 Å². The number of aliphatic imine (C=N–C) groups is 1. The standard InChI is InChI=1S/C19H23NO2/c1-13-6-8-17(14(2)10-13)15(3)20-12-16-7-9-18(21-4)19(11-16)22-5/h6-12,15H,1-5H3/b20-12-. The normalized spacial score (nSPS) is 12.4. The Morgan fingerprint density at radius 2 is 1.68 bits per heavy atom. The highest BCUT2D eigenvalue weighted by Gasteiger charge is 2.07. The molecule has 2 aromatic rings. The van der Waals surface area contributed by atoms with Crippen molar-refractivity contribution >= 4 is 6.21 Å². The highest BCUT2D eigenvalue weighted by Crippen LogP contribution is 2.27. The Kier molecular flexibility index (Phi) is 5.21. The lowest BCUT2D eigenvalue weighted by molar-refractivity contribution is 0.355. The van der Waals surface area contributed by atoms with E-state index in [2.05, 4.69) is 44.0 Å². The van der Waals surface area contributed by atoms with Crippen LogP contribution in [-0.2, 0) is 0 Å². The van der Waals surface area contributed by atoms with Gasteiger partial charge in [0.2, 0.25) is 0 Å². The molecule has 0 fully saturated rings. The second kappa shape index (κ2) is 7.12. The molecule has 3 nitrogen and oxygen atoms in total. The summed E-state index contributed by atoms with van der Waals surface area (Å²) in [6, 6.07) is 12.4. The van der Waals surface area contributed by atoms with Gasteiger partial charge in [0.25, 0.3) is 0 Å². The van der Waals surface area contributed by atoms with Gasteiger partial charge in [0.05, 0.1) is 20.3 Å². The lowest BCUT2D eigenvalue weighted by Crippen LogP contribution is -1.96. The van der Waals surface area contributed by atoms with Crippen molar-refractivity contribution in [1.82, 2.24) is 0 Å². The smallest absolute Gasteiger partial charge is 0.161 e. The van der Waals surface area contributed by atoms with Crippen LogP contribution in [0, 0.1) is 13.8 Å². The Morgan fingerprint density at radius 3 is 2.32 bits per heavy atom. The molecule has 0 aliphatic carbocycles. The molecule has 1 atom stereocenters. The van der Waals surface area contributed by atoms with E-state index < -0.39 is 0 Å². The number of aryl methyl sites for hydroxylation is 2. The summed E-state index contributed by atoms with van der Waals surface area (Å²) in [5, 5.41) is 0. The Bertz CT molecular complexity index is 677. The van der Waals surface area contributed by atoms with Crippen LogP contribution in [0.4, 0.5) is 0 Å². The molecule has 0 amide bonds. The molecule has 0 heterocycles.